The van der Waals surface area contributed by atoms with Gasteiger partial charge in [-0.15, -0.1) is 0 Å². The van der Waals surface area contributed by atoms with Gasteiger partial charge in [-0.2, -0.15) is 0 Å². The average Bonchev–Trinajstić information content (AvgIpc) is 2.76. The van der Waals surface area contributed by atoms with E-state index in [0.29, 0.717) is 29.6 Å². The second kappa shape index (κ2) is 10.7. The van der Waals surface area contributed by atoms with Crippen LogP contribution in [-0.2, 0) is 16.0 Å². The van der Waals surface area contributed by atoms with E-state index in [1.54, 1.807) is 48.4 Å². The summed E-state index contributed by atoms with van der Waals surface area (Å²) in [6, 6.07) is 13.9. The molecule has 2 aromatic rings. The van der Waals surface area contributed by atoms with Gasteiger partial charge in [0.05, 0.1) is 25.8 Å². The minimum Gasteiger partial charge on any atom is -0.495 e. The van der Waals surface area contributed by atoms with Crippen molar-refractivity contribution in [3.05, 3.63) is 54.1 Å². The summed E-state index contributed by atoms with van der Waals surface area (Å²) in [7, 11) is 1.54. The number of methoxy groups -OCH3 is 1. The molecule has 1 saturated heterocycles. The molecule has 1 aliphatic rings. The average molecular weight is 439 g/mol. The predicted octanol–water partition coefficient (Wildman–Crippen LogP) is 3.25. The van der Waals surface area contributed by atoms with Crippen LogP contribution in [0.5, 0.6) is 5.75 Å². The first-order valence-electron chi connectivity index (χ1n) is 10.7. The van der Waals surface area contributed by atoms with E-state index in [4.69, 9.17) is 4.74 Å². The third kappa shape index (κ3) is 6.23. The summed E-state index contributed by atoms with van der Waals surface area (Å²) < 4.78 is 5.23. The SMILES string of the molecule is COc1ccccc1NC(=O)Nc1ccc(CC(=O)N2CC(=O)NCC2CC(C)C)cc1. The molecule has 1 unspecified atom stereocenters. The van der Waals surface area contributed by atoms with Gasteiger partial charge in [0.1, 0.15) is 5.75 Å². The molecule has 0 bridgehead atoms. The molecule has 2 aromatic carbocycles. The Labute approximate surface area is 188 Å². The lowest BCUT2D eigenvalue weighted by molar-refractivity contribution is -0.141. The monoisotopic (exact) mass is 438 g/mol. The van der Waals surface area contributed by atoms with E-state index in [1.807, 2.05) is 12.1 Å². The molecule has 1 heterocycles. The first kappa shape index (κ1) is 23.1. The van der Waals surface area contributed by atoms with Gasteiger partial charge in [-0.05, 0) is 42.2 Å². The first-order valence-corrected chi connectivity index (χ1v) is 10.7. The van der Waals surface area contributed by atoms with Crippen molar-refractivity contribution in [3.8, 4) is 5.75 Å². The lowest BCUT2D eigenvalue weighted by Gasteiger charge is -2.36. The predicted molar refractivity (Wildman–Crippen MR) is 124 cm³/mol. The number of ether oxygens (including phenoxy) is 1. The fraction of sp³-hybridized carbons (Fsp3) is 0.375. The summed E-state index contributed by atoms with van der Waals surface area (Å²) in [5, 5.41) is 8.37. The summed E-state index contributed by atoms with van der Waals surface area (Å²) in [6.07, 6.45) is 1.05. The fourth-order valence-corrected chi connectivity index (χ4v) is 3.74. The highest BCUT2D eigenvalue weighted by Crippen LogP contribution is 2.23. The van der Waals surface area contributed by atoms with Crippen molar-refractivity contribution in [1.82, 2.24) is 10.2 Å². The third-order valence-electron chi connectivity index (χ3n) is 5.28. The van der Waals surface area contributed by atoms with Gasteiger partial charge in [-0.1, -0.05) is 38.1 Å². The van der Waals surface area contributed by atoms with Crippen molar-refractivity contribution in [2.75, 3.05) is 30.8 Å². The number of benzene rings is 2. The van der Waals surface area contributed by atoms with Crippen LogP contribution in [0.15, 0.2) is 48.5 Å². The molecular weight excluding hydrogens is 408 g/mol. The fourth-order valence-electron chi connectivity index (χ4n) is 3.74. The highest BCUT2D eigenvalue weighted by atomic mass is 16.5. The maximum absolute atomic E-state index is 12.9. The van der Waals surface area contributed by atoms with Crippen molar-refractivity contribution in [1.29, 1.82) is 0 Å². The van der Waals surface area contributed by atoms with Gasteiger partial charge in [-0.25, -0.2) is 4.79 Å². The first-order chi connectivity index (χ1) is 15.4. The minimum absolute atomic E-state index is 0.0137. The molecule has 8 nitrogen and oxygen atoms in total. The molecule has 0 spiro atoms. The summed E-state index contributed by atoms with van der Waals surface area (Å²) in [5.41, 5.74) is 1.99. The summed E-state index contributed by atoms with van der Waals surface area (Å²) in [6.45, 7) is 4.80. The maximum atomic E-state index is 12.9. The number of nitrogens with one attached hydrogen (secondary N) is 3. The van der Waals surface area contributed by atoms with E-state index in [1.165, 1.54) is 0 Å². The smallest absolute Gasteiger partial charge is 0.323 e. The topological polar surface area (TPSA) is 99.8 Å². The third-order valence-corrected chi connectivity index (χ3v) is 5.28. The molecule has 0 aromatic heterocycles. The second-order valence-electron chi connectivity index (χ2n) is 8.26. The van der Waals surface area contributed by atoms with Gasteiger partial charge >= 0.3 is 6.03 Å². The maximum Gasteiger partial charge on any atom is 0.323 e. The Morgan fingerprint density at radius 3 is 2.53 bits per heavy atom. The number of anilines is 2. The van der Waals surface area contributed by atoms with Crippen molar-refractivity contribution < 1.29 is 19.1 Å². The van der Waals surface area contributed by atoms with Gasteiger partial charge in [-0.3, -0.25) is 9.59 Å². The largest absolute Gasteiger partial charge is 0.495 e. The molecule has 1 aliphatic heterocycles. The number of carbonyl (C=O) groups is 3. The van der Waals surface area contributed by atoms with E-state index in [9.17, 15) is 14.4 Å². The molecule has 170 valence electrons. The van der Waals surface area contributed by atoms with Gasteiger partial charge < -0.3 is 25.6 Å². The molecule has 8 heteroatoms. The number of rotatable bonds is 7. The number of nitrogens with zero attached hydrogens (tertiary/aromatic N) is 1. The van der Waals surface area contributed by atoms with Crippen LogP contribution < -0.4 is 20.7 Å². The Kier molecular flexibility index (Phi) is 7.70. The van der Waals surface area contributed by atoms with Crippen LogP contribution in [0, 0.1) is 5.92 Å². The van der Waals surface area contributed by atoms with E-state index >= 15 is 0 Å². The van der Waals surface area contributed by atoms with E-state index in [0.717, 1.165) is 12.0 Å². The Hall–Kier alpha value is -3.55. The quantitative estimate of drug-likeness (QED) is 0.618. The van der Waals surface area contributed by atoms with Crippen LogP contribution in [0.2, 0.25) is 0 Å². The number of hydrogen-bond acceptors (Lipinski definition) is 4. The molecule has 3 N–H and O–H groups in total. The Balaban J connectivity index is 1.58. The van der Waals surface area contributed by atoms with Gasteiger partial charge in [0.2, 0.25) is 11.8 Å². The van der Waals surface area contributed by atoms with E-state index in [2.05, 4.69) is 29.8 Å². The van der Waals surface area contributed by atoms with Crippen LogP contribution in [0.1, 0.15) is 25.8 Å². The van der Waals surface area contributed by atoms with E-state index < -0.39 is 6.03 Å². The highest BCUT2D eigenvalue weighted by molar-refractivity contribution is 6.00. The zero-order valence-electron chi connectivity index (χ0n) is 18.7. The summed E-state index contributed by atoms with van der Waals surface area (Å²) in [5.74, 6) is 0.801. The van der Waals surface area contributed by atoms with E-state index in [-0.39, 0.29) is 30.8 Å². The van der Waals surface area contributed by atoms with Crippen LogP contribution in [0.25, 0.3) is 0 Å². The Bertz CT molecular complexity index is 959. The highest BCUT2D eigenvalue weighted by Gasteiger charge is 2.30. The van der Waals surface area contributed by atoms with Crippen LogP contribution >= 0.6 is 0 Å². The molecule has 0 radical (unpaired) electrons. The zero-order chi connectivity index (χ0) is 23.1. The molecule has 1 atom stereocenters. The summed E-state index contributed by atoms with van der Waals surface area (Å²) in [4.78, 5) is 38.7. The molecule has 1 fully saturated rings. The number of urea groups is 1. The van der Waals surface area contributed by atoms with Crippen LogP contribution in [-0.4, -0.2) is 49.0 Å². The molecular formula is C24H30N4O4. The lowest BCUT2D eigenvalue weighted by Crippen LogP contribution is -2.57. The molecule has 0 aliphatic carbocycles. The second-order valence-corrected chi connectivity index (χ2v) is 8.26. The van der Waals surface area contributed by atoms with Gasteiger partial charge in [0, 0.05) is 18.3 Å². The van der Waals surface area contributed by atoms with Crippen molar-refractivity contribution in [3.63, 3.8) is 0 Å². The Morgan fingerprint density at radius 1 is 1.12 bits per heavy atom. The summed E-state index contributed by atoms with van der Waals surface area (Å²) >= 11 is 0. The number of para-hydroxylation sites is 2. The standard InChI is InChI=1S/C24H30N4O4/c1-16(2)12-19-14-25-22(29)15-28(19)23(30)13-17-8-10-18(11-9-17)26-24(31)27-20-6-4-5-7-21(20)32-3/h4-11,16,19H,12-15H2,1-3H3,(H,25,29)(H2,26,27,31). The molecule has 32 heavy (non-hydrogen) atoms. The Morgan fingerprint density at radius 2 is 1.84 bits per heavy atom. The number of hydrogen-bond donors (Lipinski definition) is 3. The van der Waals surface area contributed by atoms with Gasteiger partial charge in [0.25, 0.3) is 0 Å². The van der Waals surface area contributed by atoms with Crippen molar-refractivity contribution in [2.45, 2.75) is 32.7 Å². The van der Waals surface area contributed by atoms with Crippen LogP contribution in [0.4, 0.5) is 16.2 Å². The number of amides is 4. The zero-order valence-corrected chi connectivity index (χ0v) is 18.7. The minimum atomic E-state index is -0.394. The van der Waals surface area contributed by atoms with Gasteiger partial charge in [0.15, 0.2) is 0 Å². The van der Waals surface area contributed by atoms with Crippen LogP contribution in [0.3, 0.4) is 0 Å². The van der Waals surface area contributed by atoms with Crippen molar-refractivity contribution >= 4 is 29.2 Å². The number of carbonyl (C=O) groups excluding carboxylic acids is 3. The number of piperazine rings is 1. The molecule has 0 saturated carbocycles. The lowest BCUT2D eigenvalue weighted by atomic mass is 9.99. The normalized spacial score (nSPS) is 15.8. The van der Waals surface area contributed by atoms with Crippen molar-refractivity contribution in [2.24, 2.45) is 5.92 Å². The molecule has 3 rings (SSSR count). The molecule has 4 amide bonds.